The van der Waals surface area contributed by atoms with Gasteiger partial charge in [0.2, 0.25) is 5.91 Å². The molecule has 0 aliphatic carbocycles. The fourth-order valence-electron chi connectivity index (χ4n) is 3.45. The number of aromatic amines is 1. The van der Waals surface area contributed by atoms with Crippen molar-refractivity contribution in [1.82, 2.24) is 20.0 Å². The van der Waals surface area contributed by atoms with Crippen LogP contribution in [-0.4, -0.2) is 63.8 Å². The van der Waals surface area contributed by atoms with E-state index in [0.29, 0.717) is 19.5 Å². The molecule has 1 saturated heterocycles. The third-order valence-corrected chi connectivity index (χ3v) is 4.79. The Morgan fingerprint density at radius 2 is 2.12 bits per heavy atom. The van der Waals surface area contributed by atoms with Crippen LogP contribution in [-0.2, 0) is 11.3 Å². The highest BCUT2D eigenvalue weighted by Crippen LogP contribution is 2.28. The molecular formula is C19H26N4O2. The molecule has 2 heterocycles. The molecule has 134 valence electrons. The Hall–Kier alpha value is -2.18. The van der Waals surface area contributed by atoms with Crippen LogP contribution in [0.3, 0.4) is 0 Å². The molecule has 1 fully saturated rings. The van der Waals surface area contributed by atoms with E-state index in [2.05, 4.69) is 27.2 Å². The topological polar surface area (TPSA) is 72.5 Å². The van der Waals surface area contributed by atoms with Gasteiger partial charge in [-0.2, -0.15) is 5.10 Å². The molecule has 1 aliphatic rings. The van der Waals surface area contributed by atoms with E-state index >= 15 is 0 Å². The van der Waals surface area contributed by atoms with Gasteiger partial charge < -0.3 is 10.0 Å². The molecule has 6 heteroatoms. The number of piperidine rings is 1. The van der Waals surface area contributed by atoms with Crippen molar-refractivity contribution in [2.75, 3.05) is 27.2 Å². The second-order valence-electron chi connectivity index (χ2n) is 7.14. The van der Waals surface area contributed by atoms with Crippen LogP contribution in [0.15, 0.2) is 36.5 Å². The molecule has 1 amide bonds. The molecule has 1 atom stereocenters. The van der Waals surface area contributed by atoms with E-state index in [9.17, 15) is 9.90 Å². The van der Waals surface area contributed by atoms with Crippen LogP contribution in [0.5, 0.6) is 0 Å². The number of hydrogen-bond acceptors (Lipinski definition) is 4. The molecule has 3 rings (SSSR count). The lowest BCUT2D eigenvalue weighted by molar-refractivity contribution is -0.136. The molecular weight excluding hydrogens is 316 g/mol. The molecule has 1 aromatic carbocycles. The molecule has 2 aromatic rings. The number of nitrogens with zero attached hydrogens (tertiary/aromatic N) is 3. The molecule has 0 radical (unpaired) electrons. The molecule has 6 nitrogen and oxygen atoms in total. The highest BCUT2D eigenvalue weighted by molar-refractivity contribution is 5.76. The number of rotatable bonds is 5. The number of nitrogens with one attached hydrogen (secondary N) is 1. The van der Waals surface area contributed by atoms with E-state index in [1.807, 2.05) is 24.4 Å². The monoisotopic (exact) mass is 342 g/mol. The predicted octanol–water partition coefficient (Wildman–Crippen LogP) is 1.88. The first-order chi connectivity index (χ1) is 12.0. The summed E-state index contributed by atoms with van der Waals surface area (Å²) in [6, 6.07) is 10.1. The smallest absolute Gasteiger partial charge is 0.224 e. The Kier molecular flexibility index (Phi) is 5.20. The lowest BCUT2D eigenvalue weighted by Gasteiger charge is -2.39. The van der Waals surface area contributed by atoms with Crippen molar-refractivity contribution in [3.63, 3.8) is 0 Å². The van der Waals surface area contributed by atoms with Crippen LogP contribution in [0, 0.1) is 0 Å². The number of β-amino-alcohol motifs (C(OH)–C–C–N with tert-alkyl or cyclic N) is 1. The zero-order valence-electron chi connectivity index (χ0n) is 14.9. The maximum atomic E-state index is 12.0. The molecule has 0 spiro atoms. The fourth-order valence-corrected chi connectivity index (χ4v) is 3.45. The van der Waals surface area contributed by atoms with E-state index in [4.69, 9.17) is 0 Å². The minimum absolute atomic E-state index is 0.0300. The van der Waals surface area contributed by atoms with Crippen molar-refractivity contribution < 1.29 is 9.90 Å². The molecule has 0 bridgehead atoms. The average molecular weight is 342 g/mol. The second-order valence-corrected chi connectivity index (χ2v) is 7.14. The predicted molar refractivity (Wildman–Crippen MR) is 96.8 cm³/mol. The van der Waals surface area contributed by atoms with Crippen molar-refractivity contribution in [3.05, 3.63) is 42.1 Å². The Morgan fingerprint density at radius 3 is 2.84 bits per heavy atom. The van der Waals surface area contributed by atoms with Gasteiger partial charge in [-0.25, -0.2) is 0 Å². The van der Waals surface area contributed by atoms with Gasteiger partial charge in [0.15, 0.2) is 0 Å². The zero-order valence-corrected chi connectivity index (χ0v) is 14.9. The van der Waals surface area contributed by atoms with Crippen LogP contribution < -0.4 is 0 Å². The van der Waals surface area contributed by atoms with Crippen molar-refractivity contribution in [1.29, 1.82) is 0 Å². The maximum absolute atomic E-state index is 12.0. The Balaban J connectivity index is 1.70. The van der Waals surface area contributed by atoms with Gasteiger partial charge >= 0.3 is 0 Å². The summed E-state index contributed by atoms with van der Waals surface area (Å²) in [7, 11) is 3.45. The van der Waals surface area contributed by atoms with E-state index in [0.717, 1.165) is 29.8 Å². The highest BCUT2D eigenvalue weighted by Gasteiger charge is 2.36. The number of aromatic nitrogens is 2. The van der Waals surface area contributed by atoms with Gasteiger partial charge in [0.05, 0.1) is 23.9 Å². The Morgan fingerprint density at radius 1 is 1.36 bits per heavy atom. The van der Waals surface area contributed by atoms with Crippen LogP contribution in [0.2, 0.25) is 0 Å². The summed E-state index contributed by atoms with van der Waals surface area (Å²) in [5, 5.41) is 18.1. The number of carbonyl (C=O) groups is 1. The summed E-state index contributed by atoms with van der Waals surface area (Å²) in [6.07, 6.45) is 3.57. The number of benzene rings is 1. The summed E-state index contributed by atoms with van der Waals surface area (Å²) in [6.45, 7) is 2.13. The van der Waals surface area contributed by atoms with Gasteiger partial charge in [-0.05, 0) is 24.9 Å². The number of H-pyrrole nitrogens is 1. The summed E-state index contributed by atoms with van der Waals surface area (Å²) in [5.74, 6) is -0.0300. The number of aliphatic hydroxyl groups is 1. The third-order valence-electron chi connectivity index (χ3n) is 4.79. The van der Waals surface area contributed by atoms with Gasteiger partial charge in [-0.3, -0.25) is 14.8 Å². The normalized spacial score (nSPS) is 21.2. The molecule has 2 N–H and O–H groups in total. The van der Waals surface area contributed by atoms with Crippen molar-refractivity contribution in [2.24, 2.45) is 0 Å². The highest BCUT2D eigenvalue weighted by atomic mass is 16.3. The first-order valence-electron chi connectivity index (χ1n) is 8.69. The summed E-state index contributed by atoms with van der Waals surface area (Å²) in [5.41, 5.74) is 2.27. The Labute approximate surface area is 148 Å². The largest absolute Gasteiger partial charge is 0.388 e. The van der Waals surface area contributed by atoms with Crippen LogP contribution in [0.25, 0.3) is 11.3 Å². The van der Waals surface area contributed by atoms with Gasteiger partial charge in [0.1, 0.15) is 0 Å². The molecule has 25 heavy (non-hydrogen) atoms. The lowest BCUT2D eigenvalue weighted by Crippen LogP contribution is -2.50. The fraction of sp³-hybridized carbons (Fsp3) is 0.474. The van der Waals surface area contributed by atoms with Crippen LogP contribution >= 0.6 is 0 Å². The number of carbonyl (C=O) groups excluding carboxylic acids is 1. The van der Waals surface area contributed by atoms with E-state index < -0.39 is 5.60 Å². The second kappa shape index (κ2) is 7.37. The molecule has 1 aliphatic heterocycles. The third kappa shape index (κ3) is 4.27. The van der Waals surface area contributed by atoms with Crippen LogP contribution in [0.4, 0.5) is 0 Å². The average Bonchev–Trinajstić information content (AvgIpc) is 3.03. The van der Waals surface area contributed by atoms with Crippen molar-refractivity contribution in [3.8, 4) is 11.3 Å². The van der Waals surface area contributed by atoms with Crippen molar-refractivity contribution >= 4 is 5.91 Å². The number of hydrogen-bond donors (Lipinski definition) is 2. The SMILES string of the molecule is CN(C)C(=O)CC1(O)CCCN(Cc2cn[nH]c2-c2ccccc2)C1. The van der Waals surface area contributed by atoms with E-state index in [1.165, 1.54) is 0 Å². The van der Waals surface area contributed by atoms with E-state index in [1.54, 1.807) is 19.0 Å². The minimum atomic E-state index is -0.948. The standard InChI is InChI=1S/C19H26N4O2/c1-22(2)17(24)11-19(25)9-6-10-23(14-19)13-16-12-20-21-18(16)15-7-4-3-5-8-15/h3-5,7-8,12,25H,6,9-11,13-14H2,1-2H3,(H,20,21). The van der Waals surface area contributed by atoms with Crippen molar-refractivity contribution in [2.45, 2.75) is 31.4 Å². The van der Waals surface area contributed by atoms with Gasteiger partial charge in [0, 0.05) is 32.7 Å². The zero-order chi connectivity index (χ0) is 17.9. The van der Waals surface area contributed by atoms with Gasteiger partial charge in [0.25, 0.3) is 0 Å². The maximum Gasteiger partial charge on any atom is 0.224 e. The number of amides is 1. The molecule has 0 saturated carbocycles. The summed E-state index contributed by atoms with van der Waals surface area (Å²) >= 11 is 0. The summed E-state index contributed by atoms with van der Waals surface area (Å²) < 4.78 is 0. The lowest BCUT2D eigenvalue weighted by atomic mass is 9.89. The van der Waals surface area contributed by atoms with Gasteiger partial charge in [-0.15, -0.1) is 0 Å². The molecule has 1 aromatic heterocycles. The van der Waals surface area contributed by atoms with Crippen LogP contribution in [0.1, 0.15) is 24.8 Å². The first-order valence-corrected chi connectivity index (χ1v) is 8.69. The first kappa shape index (κ1) is 17.6. The summed E-state index contributed by atoms with van der Waals surface area (Å²) in [4.78, 5) is 15.8. The molecule has 1 unspecified atom stereocenters. The number of likely N-dealkylation sites (tertiary alicyclic amines) is 1. The minimum Gasteiger partial charge on any atom is -0.388 e. The quantitative estimate of drug-likeness (QED) is 0.870. The Bertz CT molecular complexity index is 713. The van der Waals surface area contributed by atoms with Gasteiger partial charge in [-0.1, -0.05) is 30.3 Å². The van der Waals surface area contributed by atoms with E-state index in [-0.39, 0.29) is 12.3 Å².